The number of benzene rings is 3. The van der Waals surface area contributed by atoms with E-state index in [1.165, 1.54) is 23.3 Å². The maximum absolute atomic E-state index is 14.4. The Morgan fingerprint density at radius 2 is 1.54 bits per heavy atom. The summed E-state index contributed by atoms with van der Waals surface area (Å²) in [5, 5.41) is 15.2. The molecule has 0 amide bonds. The first-order chi connectivity index (χ1) is 24.0. The maximum Gasteiger partial charge on any atom is 0.360 e. The van der Waals surface area contributed by atoms with Gasteiger partial charge in [0.15, 0.2) is 0 Å². The van der Waals surface area contributed by atoms with Gasteiger partial charge >= 0.3 is 13.6 Å². The highest BCUT2D eigenvalue weighted by Crippen LogP contribution is 2.66. The highest BCUT2D eigenvalue weighted by atomic mass is 31.2. The van der Waals surface area contributed by atoms with E-state index in [-0.39, 0.29) is 47.9 Å². The number of ether oxygens (including phenoxy) is 1. The molecule has 0 radical (unpaired) electrons. The summed E-state index contributed by atoms with van der Waals surface area (Å²) in [7, 11) is -3.90. The van der Waals surface area contributed by atoms with Crippen molar-refractivity contribution in [1.82, 2.24) is 15.1 Å². The zero-order chi connectivity index (χ0) is 35.5. The van der Waals surface area contributed by atoms with Crippen molar-refractivity contribution < 1.29 is 28.1 Å². The molecule has 6 rings (SSSR count). The molecule has 3 aromatic rings. The standard InChI is InChI=1S/C38H45N4O7P/c1-27-33(34(31-16-11-17-32(24-31)42(44)45)36(28(2)39-27)50(46)48-25-38(3,4)26-49-50)37(43)47-23-22-40-18-20-41(21-19-40)35(29-12-7-5-8-13-29)30-14-9-6-10-15-30/h5-17,24,34-35,39H,18-23,25-26H2,1-4H3. The van der Waals surface area contributed by atoms with Crippen LogP contribution in [0, 0.1) is 15.5 Å². The number of nitro benzene ring substituents is 1. The van der Waals surface area contributed by atoms with Gasteiger partial charge in [-0.15, -0.1) is 0 Å². The zero-order valence-electron chi connectivity index (χ0n) is 29.0. The number of nitrogens with zero attached hydrogens (tertiary/aromatic N) is 3. The molecule has 3 heterocycles. The maximum atomic E-state index is 14.4. The van der Waals surface area contributed by atoms with Gasteiger partial charge in [0.2, 0.25) is 0 Å². The molecule has 0 spiro atoms. The van der Waals surface area contributed by atoms with Gasteiger partial charge < -0.3 is 19.1 Å². The highest BCUT2D eigenvalue weighted by Gasteiger charge is 2.48. The first kappa shape index (κ1) is 35.7. The SMILES string of the molecule is CC1=C(C(=O)OCCN2CCN(C(c3ccccc3)c3ccccc3)CC2)C(c2cccc([N+](=O)[O-])c2)C(P2(=O)OCC(C)(C)CO2)=C(C)N1. The number of carbonyl (C=O) groups excluding carboxylic acids is 1. The first-order valence-electron chi connectivity index (χ1n) is 17.0. The second-order valence-corrected chi connectivity index (χ2v) is 15.9. The number of allylic oxidation sites excluding steroid dienone is 3. The lowest BCUT2D eigenvalue weighted by Gasteiger charge is -2.40. The summed E-state index contributed by atoms with van der Waals surface area (Å²) >= 11 is 0. The number of dihydropyridines is 1. The predicted molar refractivity (Wildman–Crippen MR) is 191 cm³/mol. The van der Waals surface area contributed by atoms with Gasteiger partial charge in [-0.05, 0) is 30.5 Å². The van der Waals surface area contributed by atoms with Gasteiger partial charge in [0.25, 0.3) is 5.69 Å². The minimum Gasteiger partial charge on any atom is -0.461 e. The fraction of sp³-hybridized carbons (Fsp3) is 0.395. The monoisotopic (exact) mass is 700 g/mol. The molecular weight excluding hydrogens is 655 g/mol. The number of esters is 1. The van der Waals surface area contributed by atoms with Crippen molar-refractivity contribution in [3.05, 3.63) is 134 Å². The minimum absolute atomic E-state index is 0.144. The number of piperazine rings is 1. The van der Waals surface area contributed by atoms with Crippen LogP contribution in [0.25, 0.3) is 0 Å². The molecule has 1 atom stereocenters. The summed E-state index contributed by atoms with van der Waals surface area (Å²) < 4.78 is 32.2. The summed E-state index contributed by atoms with van der Waals surface area (Å²) in [6, 6.07) is 27.3. The third-order valence-electron chi connectivity index (χ3n) is 9.55. The lowest BCUT2D eigenvalue weighted by molar-refractivity contribution is -0.384. The van der Waals surface area contributed by atoms with Crippen molar-refractivity contribution in [3.8, 4) is 0 Å². The number of carbonyl (C=O) groups is 1. The molecule has 3 aliphatic rings. The third kappa shape index (κ3) is 7.77. The number of hydrogen-bond donors (Lipinski definition) is 1. The van der Waals surface area contributed by atoms with E-state index in [9.17, 15) is 19.5 Å². The van der Waals surface area contributed by atoms with E-state index in [1.807, 2.05) is 26.0 Å². The molecule has 0 aromatic heterocycles. The van der Waals surface area contributed by atoms with E-state index in [2.05, 4.69) is 63.6 Å². The third-order valence-corrected chi connectivity index (χ3v) is 11.7. The minimum atomic E-state index is -3.90. The van der Waals surface area contributed by atoms with Crippen LogP contribution in [0.1, 0.15) is 56.3 Å². The Morgan fingerprint density at radius 3 is 2.12 bits per heavy atom. The molecule has 50 heavy (non-hydrogen) atoms. The predicted octanol–water partition coefficient (Wildman–Crippen LogP) is 7.00. The molecule has 12 heteroatoms. The smallest absolute Gasteiger partial charge is 0.360 e. The molecule has 1 N–H and O–H groups in total. The highest BCUT2D eigenvalue weighted by molar-refractivity contribution is 7.58. The quantitative estimate of drug-likeness (QED) is 0.102. The van der Waals surface area contributed by atoms with Crippen molar-refractivity contribution in [3.63, 3.8) is 0 Å². The molecule has 1 unspecified atom stereocenters. The normalized spacial score (nSPS) is 21.2. The van der Waals surface area contributed by atoms with Crippen molar-refractivity contribution >= 4 is 19.3 Å². The van der Waals surface area contributed by atoms with Crippen LogP contribution < -0.4 is 5.32 Å². The fourth-order valence-corrected chi connectivity index (χ4v) is 9.42. The van der Waals surface area contributed by atoms with Gasteiger partial charge in [0.05, 0.1) is 41.0 Å². The largest absolute Gasteiger partial charge is 0.461 e. The van der Waals surface area contributed by atoms with E-state index in [0.717, 1.165) is 26.2 Å². The second kappa shape index (κ2) is 15.0. The van der Waals surface area contributed by atoms with Crippen LogP contribution in [0.3, 0.4) is 0 Å². The van der Waals surface area contributed by atoms with Crippen LogP contribution in [-0.4, -0.2) is 73.2 Å². The first-order valence-corrected chi connectivity index (χ1v) is 18.6. The molecule has 0 saturated carbocycles. The van der Waals surface area contributed by atoms with E-state index >= 15 is 0 Å². The number of non-ortho nitro benzene ring substituents is 1. The molecule has 11 nitrogen and oxygen atoms in total. The average molecular weight is 701 g/mol. The molecule has 3 aliphatic heterocycles. The summed E-state index contributed by atoms with van der Waals surface area (Å²) in [6.45, 7) is 11.8. The van der Waals surface area contributed by atoms with Crippen molar-refractivity contribution in [2.45, 2.75) is 39.7 Å². The molecule has 3 aromatic carbocycles. The van der Waals surface area contributed by atoms with E-state index in [4.69, 9.17) is 13.8 Å². The van der Waals surface area contributed by atoms with Crippen LogP contribution in [-0.2, 0) is 23.1 Å². The van der Waals surface area contributed by atoms with E-state index < -0.39 is 24.4 Å². The van der Waals surface area contributed by atoms with Gasteiger partial charge in [0.1, 0.15) is 6.61 Å². The molecule has 2 saturated heterocycles. The number of nitrogens with one attached hydrogen (secondary N) is 1. The van der Waals surface area contributed by atoms with E-state index in [1.54, 1.807) is 26.0 Å². The molecule has 0 aliphatic carbocycles. The molecule has 0 bridgehead atoms. The number of rotatable bonds is 10. The van der Waals surface area contributed by atoms with Gasteiger partial charge in [-0.3, -0.25) is 24.5 Å². The number of hydrogen-bond acceptors (Lipinski definition) is 10. The Labute approximate surface area is 293 Å². The number of nitro groups is 1. The summed E-state index contributed by atoms with van der Waals surface area (Å²) in [5.74, 6) is -1.53. The van der Waals surface area contributed by atoms with Gasteiger partial charge in [0, 0.05) is 61.7 Å². The zero-order valence-corrected chi connectivity index (χ0v) is 29.9. The lowest BCUT2D eigenvalue weighted by Crippen LogP contribution is -2.48. The Bertz CT molecular complexity index is 1770. The van der Waals surface area contributed by atoms with Crippen LogP contribution in [0.15, 0.2) is 107 Å². The van der Waals surface area contributed by atoms with Crippen molar-refractivity contribution in [1.29, 1.82) is 0 Å². The summed E-state index contributed by atoms with van der Waals surface area (Å²) in [5.41, 5.74) is 3.68. The van der Waals surface area contributed by atoms with Crippen LogP contribution in [0.2, 0.25) is 0 Å². The molecule has 2 fully saturated rings. The lowest BCUT2D eigenvalue weighted by atomic mass is 9.86. The topological polar surface area (TPSA) is 123 Å². The van der Waals surface area contributed by atoms with Crippen LogP contribution >= 0.6 is 7.60 Å². The van der Waals surface area contributed by atoms with Crippen molar-refractivity contribution in [2.24, 2.45) is 5.41 Å². The molecule has 264 valence electrons. The van der Waals surface area contributed by atoms with E-state index in [0.29, 0.717) is 23.5 Å². The van der Waals surface area contributed by atoms with Gasteiger partial charge in [-0.2, -0.15) is 0 Å². The van der Waals surface area contributed by atoms with Crippen LogP contribution in [0.5, 0.6) is 0 Å². The average Bonchev–Trinajstić information content (AvgIpc) is 3.11. The van der Waals surface area contributed by atoms with Gasteiger partial charge in [-0.1, -0.05) is 86.6 Å². The van der Waals surface area contributed by atoms with Crippen molar-refractivity contribution in [2.75, 3.05) is 52.5 Å². The summed E-state index contributed by atoms with van der Waals surface area (Å²) in [4.78, 5) is 30.0. The Morgan fingerprint density at radius 1 is 0.940 bits per heavy atom. The van der Waals surface area contributed by atoms with Gasteiger partial charge in [-0.25, -0.2) is 4.79 Å². The van der Waals surface area contributed by atoms with Crippen LogP contribution in [0.4, 0.5) is 5.69 Å². The fourth-order valence-electron chi connectivity index (χ4n) is 6.97. The Hall–Kier alpha value is -4.12. The Balaban J connectivity index is 1.16. The summed E-state index contributed by atoms with van der Waals surface area (Å²) in [6.07, 6.45) is 0. The second-order valence-electron chi connectivity index (χ2n) is 13.9. The molecular formula is C38H45N4O7P. The Kier molecular flexibility index (Phi) is 10.7.